The maximum Gasteiger partial charge on any atom is 0.351 e. The van der Waals surface area contributed by atoms with Gasteiger partial charge in [-0.25, -0.2) is 4.79 Å². The van der Waals surface area contributed by atoms with E-state index < -0.39 is 6.10 Å². The van der Waals surface area contributed by atoms with E-state index in [-0.39, 0.29) is 11.8 Å². The molecule has 1 saturated heterocycles. The summed E-state index contributed by atoms with van der Waals surface area (Å²) in [5, 5.41) is 9.35. The second-order valence-corrected chi connectivity index (χ2v) is 7.19. The average Bonchev–Trinajstić information content (AvgIpc) is 2.72. The van der Waals surface area contributed by atoms with Crippen LogP contribution in [0.2, 0.25) is 0 Å². The van der Waals surface area contributed by atoms with Gasteiger partial charge in [-0.2, -0.15) is 4.98 Å². The zero-order valence-corrected chi connectivity index (χ0v) is 16.4. The van der Waals surface area contributed by atoms with Gasteiger partial charge in [-0.3, -0.25) is 4.57 Å². The molecule has 2 aromatic rings. The van der Waals surface area contributed by atoms with Crippen LogP contribution in [0.5, 0.6) is 5.88 Å². The van der Waals surface area contributed by atoms with Crippen LogP contribution in [0.1, 0.15) is 24.5 Å². The fourth-order valence-electron chi connectivity index (χ4n) is 3.54. The first-order valence-electron chi connectivity index (χ1n) is 9.87. The van der Waals surface area contributed by atoms with Crippen LogP contribution in [0.3, 0.4) is 0 Å². The van der Waals surface area contributed by atoms with Gasteiger partial charge in [-0.05, 0) is 31.0 Å². The van der Waals surface area contributed by atoms with Crippen LogP contribution in [0, 0.1) is 11.8 Å². The summed E-state index contributed by atoms with van der Waals surface area (Å²) < 4.78 is 18.4. The number of aliphatic hydroxyl groups is 1. The van der Waals surface area contributed by atoms with Gasteiger partial charge in [0.15, 0.2) is 0 Å². The van der Waals surface area contributed by atoms with E-state index in [4.69, 9.17) is 14.2 Å². The molecule has 0 bridgehead atoms. The van der Waals surface area contributed by atoms with Crippen molar-refractivity contribution in [3.8, 4) is 29.0 Å². The Balaban J connectivity index is 1.53. The molecule has 0 radical (unpaired) electrons. The Hall–Kier alpha value is -2.66. The highest BCUT2D eigenvalue weighted by atomic mass is 16.6. The van der Waals surface area contributed by atoms with Crippen LogP contribution in [0.25, 0.3) is 11.3 Å². The van der Waals surface area contributed by atoms with E-state index in [0.717, 1.165) is 28.8 Å². The normalized spacial score (nSPS) is 18.8. The number of aromatic nitrogens is 2. The van der Waals surface area contributed by atoms with Gasteiger partial charge in [0.2, 0.25) is 5.88 Å². The first-order chi connectivity index (χ1) is 14.1. The highest BCUT2D eigenvalue weighted by molar-refractivity contribution is 5.67. The lowest BCUT2D eigenvalue weighted by molar-refractivity contribution is -0.0936. The average molecular weight is 396 g/mol. The molecule has 29 heavy (non-hydrogen) atoms. The van der Waals surface area contributed by atoms with Crippen LogP contribution in [0.15, 0.2) is 29.1 Å². The number of aliphatic hydroxyl groups excluding tert-OH is 1. The largest absolute Gasteiger partial charge is 0.477 e. The number of ether oxygens (including phenoxy) is 3. The summed E-state index contributed by atoms with van der Waals surface area (Å²) in [5.74, 6) is 6.05. The van der Waals surface area contributed by atoms with Gasteiger partial charge in [-0.1, -0.05) is 17.9 Å². The fraction of sp³-hybridized carbons (Fsp3) is 0.455. The van der Waals surface area contributed by atoms with Crippen LogP contribution in [-0.2, 0) is 22.4 Å². The van der Waals surface area contributed by atoms with E-state index in [2.05, 4.69) is 16.8 Å². The maximum absolute atomic E-state index is 12.5. The highest BCUT2D eigenvalue weighted by Crippen LogP contribution is 2.30. The molecule has 152 valence electrons. The van der Waals surface area contributed by atoms with Gasteiger partial charge in [0.25, 0.3) is 0 Å². The molecule has 1 fully saturated rings. The molecular formula is C22H24N2O5. The molecule has 0 spiro atoms. The Morgan fingerprint density at radius 3 is 3.07 bits per heavy atom. The van der Waals surface area contributed by atoms with Crippen LogP contribution in [-0.4, -0.2) is 53.3 Å². The first-order valence-corrected chi connectivity index (χ1v) is 9.87. The summed E-state index contributed by atoms with van der Waals surface area (Å²) in [4.78, 5) is 16.6. The summed E-state index contributed by atoms with van der Waals surface area (Å²) >= 11 is 0. The third-order valence-corrected chi connectivity index (χ3v) is 4.97. The van der Waals surface area contributed by atoms with Crippen LogP contribution >= 0.6 is 0 Å². The van der Waals surface area contributed by atoms with Gasteiger partial charge >= 0.3 is 5.69 Å². The van der Waals surface area contributed by atoms with Crippen molar-refractivity contribution in [2.45, 2.75) is 38.5 Å². The van der Waals surface area contributed by atoms with Crippen molar-refractivity contribution in [2.75, 3.05) is 26.4 Å². The number of hydrogen-bond acceptors (Lipinski definition) is 6. The van der Waals surface area contributed by atoms with Crippen molar-refractivity contribution in [3.63, 3.8) is 0 Å². The number of benzene rings is 1. The molecule has 0 amide bonds. The quantitative estimate of drug-likeness (QED) is 0.787. The third-order valence-electron chi connectivity index (χ3n) is 4.97. The van der Waals surface area contributed by atoms with Gasteiger partial charge in [-0.15, -0.1) is 0 Å². The van der Waals surface area contributed by atoms with Crippen molar-refractivity contribution in [1.29, 1.82) is 0 Å². The molecule has 3 heterocycles. The molecule has 7 heteroatoms. The Morgan fingerprint density at radius 2 is 2.28 bits per heavy atom. The third kappa shape index (κ3) is 4.67. The maximum atomic E-state index is 12.5. The van der Waals surface area contributed by atoms with Crippen LogP contribution in [0.4, 0.5) is 0 Å². The molecule has 0 saturated carbocycles. The number of hydrogen-bond donors (Lipinski definition) is 1. The minimum absolute atomic E-state index is 0.0179. The topological polar surface area (TPSA) is 82.8 Å². The molecule has 1 aromatic carbocycles. The van der Waals surface area contributed by atoms with Crippen molar-refractivity contribution in [1.82, 2.24) is 9.55 Å². The summed E-state index contributed by atoms with van der Waals surface area (Å²) in [7, 11) is 0. The monoisotopic (exact) mass is 396 g/mol. The molecule has 1 N–H and O–H groups in total. The predicted molar refractivity (Wildman–Crippen MR) is 107 cm³/mol. The molecule has 2 atom stereocenters. The van der Waals surface area contributed by atoms with Crippen molar-refractivity contribution in [3.05, 3.63) is 45.9 Å². The minimum atomic E-state index is -0.665. The Labute approximate surface area is 169 Å². The summed E-state index contributed by atoms with van der Waals surface area (Å²) in [6, 6.07) is 7.69. The summed E-state index contributed by atoms with van der Waals surface area (Å²) in [5.41, 5.74) is 3.44. The number of nitrogens with zero attached hydrogens (tertiary/aromatic N) is 2. The van der Waals surface area contributed by atoms with Crippen molar-refractivity contribution < 1.29 is 19.3 Å². The molecule has 2 aliphatic rings. The summed E-state index contributed by atoms with van der Waals surface area (Å²) in [6.45, 7) is 4.41. The molecule has 4 rings (SSSR count). The Bertz CT molecular complexity index is 996. The predicted octanol–water partition coefficient (Wildman–Crippen LogP) is 1.38. The van der Waals surface area contributed by atoms with E-state index >= 15 is 0 Å². The van der Waals surface area contributed by atoms with Crippen molar-refractivity contribution >= 4 is 0 Å². The second kappa shape index (κ2) is 8.78. The van der Waals surface area contributed by atoms with Gasteiger partial charge in [0.1, 0.15) is 6.10 Å². The molecule has 2 unspecified atom stereocenters. The minimum Gasteiger partial charge on any atom is -0.477 e. The molecule has 0 aliphatic carbocycles. The lowest BCUT2D eigenvalue weighted by atomic mass is 9.95. The smallest absolute Gasteiger partial charge is 0.351 e. The van der Waals surface area contributed by atoms with Gasteiger partial charge < -0.3 is 19.3 Å². The molecule has 7 nitrogen and oxygen atoms in total. The SMILES string of the molecule is CC(O)C#Cc1ccc2c(c1)CCn1c-2cc(OCCC2COCCO2)nc1=O. The molecule has 1 aromatic heterocycles. The highest BCUT2D eigenvalue weighted by Gasteiger charge is 2.20. The zero-order chi connectivity index (χ0) is 20.2. The van der Waals surface area contributed by atoms with Crippen LogP contribution < -0.4 is 10.4 Å². The number of aryl methyl sites for hydroxylation is 1. The van der Waals surface area contributed by atoms with E-state index in [1.165, 1.54) is 0 Å². The lowest BCUT2D eigenvalue weighted by Gasteiger charge is -2.23. The number of rotatable bonds is 4. The first kappa shape index (κ1) is 19.6. The summed E-state index contributed by atoms with van der Waals surface area (Å²) in [6.07, 6.45) is 0.765. The Kier molecular flexibility index (Phi) is 5.95. The van der Waals surface area contributed by atoms with Gasteiger partial charge in [0, 0.05) is 30.2 Å². The van der Waals surface area contributed by atoms with E-state index in [0.29, 0.717) is 45.3 Å². The fourth-order valence-corrected chi connectivity index (χ4v) is 3.54. The molecular weight excluding hydrogens is 372 g/mol. The standard InChI is InChI=1S/C22H24N2O5/c1-15(25)2-3-16-4-5-19-17(12-16)6-8-24-20(19)13-21(23-22(24)26)29-9-7-18-14-27-10-11-28-18/h4-5,12-13,15,18,25H,6-11,14H2,1H3. The van der Waals surface area contributed by atoms with Crippen molar-refractivity contribution in [2.24, 2.45) is 0 Å². The Morgan fingerprint density at radius 1 is 1.38 bits per heavy atom. The van der Waals surface area contributed by atoms with Gasteiger partial charge in [0.05, 0.1) is 38.2 Å². The van der Waals surface area contributed by atoms with E-state index in [1.807, 2.05) is 24.3 Å². The van der Waals surface area contributed by atoms with E-state index in [1.54, 1.807) is 11.5 Å². The molecule has 2 aliphatic heterocycles. The zero-order valence-electron chi connectivity index (χ0n) is 16.4. The van der Waals surface area contributed by atoms with E-state index in [9.17, 15) is 9.90 Å². The second-order valence-electron chi connectivity index (χ2n) is 7.19. The lowest BCUT2D eigenvalue weighted by Crippen LogP contribution is -2.30. The number of fused-ring (bicyclic) bond motifs is 3.